The van der Waals surface area contributed by atoms with Crippen LogP contribution in [0.2, 0.25) is 0 Å². The van der Waals surface area contributed by atoms with Gasteiger partial charge < -0.3 is 14.8 Å². The van der Waals surface area contributed by atoms with Crippen molar-refractivity contribution >= 4 is 5.91 Å². The highest BCUT2D eigenvalue weighted by Gasteiger charge is 2.23. The molecule has 0 aromatic carbocycles. The minimum Gasteiger partial charge on any atom is -0.469 e. The largest absolute Gasteiger partial charge is 0.469 e. The number of aliphatic hydroxyl groups excluding tert-OH is 1. The quantitative estimate of drug-likeness (QED) is 0.769. The number of carbonyl (C=O) groups excluding carboxylic acids is 1. The Bertz CT molecular complexity index is 372. The first-order valence-corrected chi connectivity index (χ1v) is 6.27. The van der Waals surface area contributed by atoms with E-state index in [1.165, 1.54) is 0 Å². The van der Waals surface area contributed by atoms with Crippen LogP contribution in [-0.4, -0.2) is 17.6 Å². The molecule has 1 unspecified atom stereocenters. The van der Waals surface area contributed by atoms with E-state index < -0.39 is 0 Å². The number of amides is 1. The van der Waals surface area contributed by atoms with E-state index in [4.69, 9.17) is 9.52 Å². The molecule has 0 radical (unpaired) electrons. The summed E-state index contributed by atoms with van der Waals surface area (Å²) in [6.07, 6.45) is 6.63. The highest BCUT2D eigenvalue weighted by atomic mass is 16.3. The number of nitrogens with one attached hydrogen (secondary N) is 1. The first-order chi connectivity index (χ1) is 8.31. The number of hydrogen-bond donors (Lipinski definition) is 2. The molecule has 2 rings (SSSR count). The van der Waals surface area contributed by atoms with Crippen LogP contribution in [0.15, 0.2) is 16.7 Å². The summed E-state index contributed by atoms with van der Waals surface area (Å²) in [6.45, 7) is 0.155. The van der Waals surface area contributed by atoms with Crippen LogP contribution in [0.1, 0.15) is 49.5 Å². The maximum Gasteiger partial charge on any atom is 0.220 e. The zero-order chi connectivity index (χ0) is 12.1. The van der Waals surface area contributed by atoms with Crippen molar-refractivity contribution in [2.45, 2.75) is 44.6 Å². The Hall–Kier alpha value is -1.29. The number of fused-ring (bicyclic) bond motifs is 1. The number of hydrogen-bond acceptors (Lipinski definition) is 3. The monoisotopic (exact) mass is 237 g/mol. The molecule has 0 saturated heterocycles. The van der Waals surface area contributed by atoms with Gasteiger partial charge in [0.15, 0.2) is 0 Å². The fraction of sp³-hybridized carbons (Fsp3) is 0.615. The van der Waals surface area contributed by atoms with Gasteiger partial charge in [0.05, 0.1) is 12.3 Å². The summed E-state index contributed by atoms with van der Waals surface area (Å²) in [5.41, 5.74) is 1.13. The highest BCUT2D eigenvalue weighted by Crippen LogP contribution is 2.30. The molecule has 1 atom stereocenters. The van der Waals surface area contributed by atoms with Crippen LogP contribution < -0.4 is 5.32 Å². The molecule has 1 amide bonds. The van der Waals surface area contributed by atoms with E-state index in [-0.39, 0.29) is 18.6 Å². The Balaban J connectivity index is 1.86. The van der Waals surface area contributed by atoms with Crippen LogP contribution in [0.4, 0.5) is 0 Å². The Morgan fingerprint density at radius 1 is 1.53 bits per heavy atom. The molecule has 1 aliphatic rings. The lowest BCUT2D eigenvalue weighted by Gasteiger charge is -2.22. The predicted octanol–water partition coefficient (Wildman–Crippen LogP) is 1.94. The second-order valence-corrected chi connectivity index (χ2v) is 4.49. The summed E-state index contributed by atoms with van der Waals surface area (Å²) in [6, 6.07) is 2.06. The average Bonchev–Trinajstić information content (AvgIpc) is 2.78. The molecule has 1 aliphatic carbocycles. The van der Waals surface area contributed by atoms with Crippen molar-refractivity contribution in [2.75, 3.05) is 6.61 Å². The number of aliphatic hydroxyl groups is 1. The third-order valence-corrected chi connectivity index (χ3v) is 3.20. The second-order valence-electron chi connectivity index (χ2n) is 4.49. The molecule has 4 nitrogen and oxygen atoms in total. The lowest BCUT2D eigenvalue weighted by Crippen LogP contribution is -2.30. The van der Waals surface area contributed by atoms with Gasteiger partial charge in [-0.3, -0.25) is 4.79 Å². The van der Waals surface area contributed by atoms with Gasteiger partial charge in [0.1, 0.15) is 5.76 Å². The van der Waals surface area contributed by atoms with Crippen molar-refractivity contribution < 1.29 is 14.3 Å². The third kappa shape index (κ3) is 3.09. The van der Waals surface area contributed by atoms with E-state index in [0.29, 0.717) is 12.8 Å². The van der Waals surface area contributed by atoms with Crippen LogP contribution in [0.5, 0.6) is 0 Å². The summed E-state index contributed by atoms with van der Waals surface area (Å²) >= 11 is 0. The van der Waals surface area contributed by atoms with E-state index in [1.807, 2.05) is 6.07 Å². The molecular formula is C13H19NO3. The molecule has 0 aliphatic heterocycles. The lowest BCUT2D eigenvalue weighted by atomic mass is 9.93. The smallest absolute Gasteiger partial charge is 0.220 e. The van der Waals surface area contributed by atoms with Gasteiger partial charge in [-0.25, -0.2) is 0 Å². The molecule has 17 heavy (non-hydrogen) atoms. The van der Waals surface area contributed by atoms with Crippen molar-refractivity contribution in [3.05, 3.63) is 23.7 Å². The van der Waals surface area contributed by atoms with Gasteiger partial charge in [0.2, 0.25) is 5.91 Å². The van der Waals surface area contributed by atoms with Crippen LogP contribution >= 0.6 is 0 Å². The minimum absolute atomic E-state index is 0.0671. The van der Waals surface area contributed by atoms with Crippen molar-refractivity contribution in [3.63, 3.8) is 0 Å². The van der Waals surface area contributed by atoms with Gasteiger partial charge in [-0.1, -0.05) is 0 Å². The van der Waals surface area contributed by atoms with Crippen molar-refractivity contribution in [2.24, 2.45) is 0 Å². The summed E-state index contributed by atoms with van der Waals surface area (Å²) in [7, 11) is 0. The number of rotatable bonds is 5. The Morgan fingerprint density at radius 2 is 2.41 bits per heavy atom. The summed E-state index contributed by atoms with van der Waals surface area (Å²) in [5.74, 6) is 1.08. The van der Waals surface area contributed by atoms with Gasteiger partial charge >= 0.3 is 0 Å². The Kier molecular flexibility index (Phi) is 4.20. The molecule has 0 saturated carbocycles. The van der Waals surface area contributed by atoms with Crippen LogP contribution in [0, 0.1) is 0 Å². The Morgan fingerprint density at radius 3 is 3.24 bits per heavy atom. The first kappa shape index (κ1) is 12.2. The summed E-state index contributed by atoms with van der Waals surface area (Å²) < 4.78 is 5.38. The van der Waals surface area contributed by atoms with Gasteiger partial charge in [-0.05, 0) is 31.7 Å². The van der Waals surface area contributed by atoms with Crippen LogP contribution in [0.3, 0.4) is 0 Å². The van der Waals surface area contributed by atoms with E-state index in [1.54, 1.807) is 6.26 Å². The van der Waals surface area contributed by atoms with Crippen molar-refractivity contribution in [1.82, 2.24) is 5.32 Å². The standard InChI is InChI=1S/C13H19NO3/c15-8-2-1-6-13(16)14-11-4-3-5-12-10(11)7-9-17-12/h7,9,11,15H,1-6,8H2,(H,14,16). The summed E-state index contributed by atoms with van der Waals surface area (Å²) in [4.78, 5) is 11.7. The molecule has 4 heteroatoms. The molecule has 94 valence electrons. The topological polar surface area (TPSA) is 62.5 Å². The van der Waals surface area contributed by atoms with Gasteiger partial charge in [0, 0.05) is 25.0 Å². The van der Waals surface area contributed by atoms with E-state index in [9.17, 15) is 4.79 Å². The predicted molar refractivity (Wildman–Crippen MR) is 63.5 cm³/mol. The maximum absolute atomic E-state index is 11.7. The second kappa shape index (κ2) is 5.87. The molecule has 0 spiro atoms. The highest BCUT2D eigenvalue weighted by molar-refractivity contribution is 5.76. The normalized spacial score (nSPS) is 18.8. The molecule has 0 fully saturated rings. The molecule has 1 aromatic rings. The maximum atomic E-state index is 11.7. The summed E-state index contributed by atoms with van der Waals surface area (Å²) in [5, 5.41) is 11.7. The number of aryl methyl sites for hydroxylation is 1. The molecule has 0 bridgehead atoms. The number of carbonyl (C=O) groups is 1. The first-order valence-electron chi connectivity index (χ1n) is 6.27. The SMILES string of the molecule is O=C(CCCCO)NC1CCCc2occc21. The molecule has 2 N–H and O–H groups in total. The lowest BCUT2D eigenvalue weighted by molar-refractivity contribution is -0.122. The van der Waals surface area contributed by atoms with Gasteiger partial charge in [-0.15, -0.1) is 0 Å². The molecule has 1 aromatic heterocycles. The average molecular weight is 237 g/mol. The third-order valence-electron chi connectivity index (χ3n) is 3.20. The van der Waals surface area contributed by atoms with Crippen LogP contribution in [0.25, 0.3) is 0 Å². The van der Waals surface area contributed by atoms with E-state index >= 15 is 0 Å². The fourth-order valence-corrected chi connectivity index (χ4v) is 2.30. The zero-order valence-electron chi connectivity index (χ0n) is 9.95. The molecule has 1 heterocycles. The van der Waals surface area contributed by atoms with Crippen molar-refractivity contribution in [1.29, 1.82) is 0 Å². The van der Waals surface area contributed by atoms with E-state index in [0.717, 1.165) is 37.0 Å². The van der Waals surface area contributed by atoms with Crippen molar-refractivity contribution in [3.8, 4) is 0 Å². The Labute approximate surface area is 101 Å². The fourth-order valence-electron chi connectivity index (χ4n) is 2.30. The zero-order valence-corrected chi connectivity index (χ0v) is 9.95. The number of furan rings is 1. The molecular weight excluding hydrogens is 218 g/mol. The van der Waals surface area contributed by atoms with Gasteiger partial charge in [-0.2, -0.15) is 0 Å². The van der Waals surface area contributed by atoms with E-state index in [2.05, 4.69) is 5.32 Å². The van der Waals surface area contributed by atoms with Crippen LogP contribution in [-0.2, 0) is 11.2 Å². The van der Waals surface area contributed by atoms with Gasteiger partial charge in [0.25, 0.3) is 0 Å². The number of unbranched alkanes of at least 4 members (excludes halogenated alkanes) is 1. The minimum atomic E-state index is 0.0671.